The van der Waals surface area contributed by atoms with E-state index < -0.39 is 23.9 Å². The van der Waals surface area contributed by atoms with Gasteiger partial charge in [-0.3, -0.25) is 9.59 Å². The van der Waals surface area contributed by atoms with E-state index in [-0.39, 0.29) is 64.9 Å². The van der Waals surface area contributed by atoms with Gasteiger partial charge < -0.3 is 26.0 Å². The number of aliphatic hydroxyl groups excluding tert-OH is 3. The second-order valence-corrected chi connectivity index (χ2v) is 15.0. The van der Waals surface area contributed by atoms with Crippen molar-refractivity contribution in [3.63, 3.8) is 0 Å². The lowest BCUT2D eigenvalue weighted by Crippen LogP contribution is -2.62. The number of hydrogen-bond acceptors (Lipinski definition) is 7. The molecule has 0 bridgehead atoms. The van der Waals surface area contributed by atoms with E-state index in [0.29, 0.717) is 38.0 Å². The molecule has 0 aromatic carbocycles. The van der Waals surface area contributed by atoms with Gasteiger partial charge in [-0.05, 0) is 117 Å². The number of rotatable bonds is 10. The van der Waals surface area contributed by atoms with Crippen LogP contribution in [0.15, 0.2) is 10.2 Å². The number of amides is 2. The van der Waals surface area contributed by atoms with Crippen LogP contribution in [0.1, 0.15) is 98.3 Å². The molecule has 5 N–H and O–H groups in total. The van der Waals surface area contributed by atoms with Crippen molar-refractivity contribution in [1.82, 2.24) is 10.6 Å². The standard InChI is InChI=1S/C33H52N4O5/c1-6-15-34-30(42)25(12-14-32(4)36-37-32)35-28(41)10-7-19(2)22-8-9-23-29-24(18-27(40)33(22,23)5)31(3)13-11-21(38)16-20(31)17-26(29)39/h1,19-27,29,38-40H,7-18H2,2-5H3,(H,34,42)(H,35,41). The second-order valence-electron chi connectivity index (χ2n) is 15.0. The molecule has 0 aromatic heterocycles. The first-order valence-corrected chi connectivity index (χ1v) is 16.3. The van der Waals surface area contributed by atoms with Gasteiger partial charge in [-0.25, -0.2) is 0 Å². The van der Waals surface area contributed by atoms with E-state index in [4.69, 9.17) is 6.42 Å². The molecule has 5 rings (SSSR count). The van der Waals surface area contributed by atoms with E-state index in [0.717, 1.165) is 38.5 Å². The van der Waals surface area contributed by atoms with Crippen LogP contribution in [-0.2, 0) is 9.59 Å². The lowest BCUT2D eigenvalue weighted by molar-refractivity contribution is -0.207. The average Bonchev–Trinajstić information content (AvgIpc) is 3.57. The Morgan fingerprint density at radius 3 is 2.45 bits per heavy atom. The summed E-state index contributed by atoms with van der Waals surface area (Å²) >= 11 is 0. The smallest absolute Gasteiger partial charge is 0.243 e. The van der Waals surface area contributed by atoms with Crippen molar-refractivity contribution in [3.8, 4) is 12.3 Å². The fourth-order valence-electron chi connectivity index (χ4n) is 10.1. The Bertz CT molecular complexity index is 1100. The van der Waals surface area contributed by atoms with Crippen LogP contribution < -0.4 is 10.6 Å². The van der Waals surface area contributed by atoms with Gasteiger partial charge in [0.05, 0.1) is 24.9 Å². The van der Waals surface area contributed by atoms with Gasteiger partial charge in [-0.15, -0.1) is 6.42 Å². The zero-order chi connectivity index (χ0) is 30.4. The van der Waals surface area contributed by atoms with E-state index in [9.17, 15) is 24.9 Å². The zero-order valence-electron chi connectivity index (χ0n) is 25.9. The lowest BCUT2D eigenvalue weighted by atomic mass is 9.43. The third-order valence-electron chi connectivity index (χ3n) is 12.7. The number of aliphatic hydroxyl groups is 3. The molecule has 42 heavy (non-hydrogen) atoms. The molecule has 0 aromatic rings. The Morgan fingerprint density at radius 2 is 1.76 bits per heavy atom. The number of terminal acetylenes is 1. The predicted molar refractivity (Wildman–Crippen MR) is 159 cm³/mol. The minimum atomic E-state index is -0.687. The second kappa shape index (κ2) is 11.8. The van der Waals surface area contributed by atoms with E-state index in [1.807, 2.05) is 6.92 Å². The van der Waals surface area contributed by atoms with Gasteiger partial charge in [0, 0.05) is 6.42 Å². The maximum atomic E-state index is 13.1. The summed E-state index contributed by atoms with van der Waals surface area (Å²) in [6, 6.07) is -0.687. The molecule has 1 aliphatic heterocycles. The van der Waals surface area contributed by atoms with E-state index in [1.165, 1.54) is 0 Å². The molecule has 4 fully saturated rings. The third kappa shape index (κ3) is 5.76. The lowest BCUT2D eigenvalue weighted by Gasteiger charge is -2.63. The molecule has 0 spiro atoms. The van der Waals surface area contributed by atoms with Crippen molar-refractivity contribution in [2.45, 2.75) is 128 Å². The fraction of sp³-hybridized carbons (Fsp3) is 0.879. The highest BCUT2D eigenvalue weighted by molar-refractivity contribution is 5.87. The van der Waals surface area contributed by atoms with E-state index in [2.05, 4.69) is 47.6 Å². The summed E-state index contributed by atoms with van der Waals surface area (Å²) in [5, 5.41) is 47.3. The first-order valence-electron chi connectivity index (χ1n) is 16.3. The highest BCUT2D eigenvalue weighted by atomic mass is 16.3. The minimum absolute atomic E-state index is 0.0510. The van der Waals surface area contributed by atoms with Crippen LogP contribution in [0.25, 0.3) is 0 Å². The van der Waals surface area contributed by atoms with Crippen LogP contribution in [0, 0.1) is 58.7 Å². The Kier molecular flexibility index (Phi) is 8.84. The topological polar surface area (TPSA) is 144 Å². The number of carbonyl (C=O) groups is 2. The first kappa shape index (κ1) is 31.4. The molecule has 1 heterocycles. The average molecular weight is 585 g/mol. The number of hydrogen-bond donors (Lipinski definition) is 5. The molecule has 4 aliphatic carbocycles. The van der Waals surface area contributed by atoms with Crippen molar-refractivity contribution in [2.24, 2.45) is 56.6 Å². The molecular weight excluding hydrogens is 532 g/mol. The largest absolute Gasteiger partial charge is 0.393 e. The Balaban J connectivity index is 1.21. The molecule has 9 nitrogen and oxygen atoms in total. The van der Waals surface area contributed by atoms with Gasteiger partial charge in [0.1, 0.15) is 6.04 Å². The van der Waals surface area contributed by atoms with E-state index in [1.54, 1.807) is 0 Å². The maximum absolute atomic E-state index is 13.1. The van der Waals surface area contributed by atoms with Gasteiger partial charge in [0.15, 0.2) is 5.66 Å². The van der Waals surface area contributed by atoms with Crippen LogP contribution in [0.2, 0.25) is 0 Å². The molecule has 4 saturated carbocycles. The summed E-state index contributed by atoms with van der Waals surface area (Å²) in [7, 11) is 0. The predicted octanol–water partition coefficient (Wildman–Crippen LogP) is 3.56. The van der Waals surface area contributed by atoms with Gasteiger partial charge in [0.2, 0.25) is 11.8 Å². The number of nitrogens with one attached hydrogen (secondary N) is 2. The van der Waals surface area contributed by atoms with E-state index >= 15 is 0 Å². The van der Waals surface area contributed by atoms with Crippen LogP contribution in [0.3, 0.4) is 0 Å². The van der Waals surface area contributed by atoms with Crippen molar-refractivity contribution in [3.05, 3.63) is 0 Å². The van der Waals surface area contributed by atoms with Crippen molar-refractivity contribution in [2.75, 3.05) is 6.54 Å². The summed E-state index contributed by atoms with van der Waals surface area (Å²) in [5.74, 6) is 3.40. The molecule has 12 unspecified atom stereocenters. The Labute approximate surface area is 251 Å². The zero-order valence-corrected chi connectivity index (χ0v) is 25.9. The Hall–Kier alpha value is -2.02. The molecule has 9 heteroatoms. The number of carbonyl (C=O) groups excluding carboxylic acids is 2. The monoisotopic (exact) mass is 584 g/mol. The molecule has 0 saturated heterocycles. The van der Waals surface area contributed by atoms with Gasteiger partial charge in [0.25, 0.3) is 0 Å². The number of fused-ring (bicyclic) bond motifs is 5. The summed E-state index contributed by atoms with van der Waals surface area (Å²) in [4.78, 5) is 25.7. The molecule has 2 amide bonds. The molecule has 5 aliphatic rings. The van der Waals surface area contributed by atoms with Gasteiger partial charge >= 0.3 is 0 Å². The third-order valence-corrected chi connectivity index (χ3v) is 12.7. The van der Waals surface area contributed by atoms with Crippen LogP contribution in [-0.4, -0.2) is 63.7 Å². The molecule has 234 valence electrons. The normalized spacial score (nSPS) is 42.7. The van der Waals surface area contributed by atoms with Crippen LogP contribution in [0.4, 0.5) is 0 Å². The van der Waals surface area contributed by atoms with Crippen molar-refractivity contribution >= 4 is 11.8 Å². The SMILES string of the molecule is C#CCNC(=O)C(CCC1(C)N=N1)NC(=O)CCC(C)C1CCC2C3C(O)CC4CC(O)CCC4(C)C3CC(O)C12C. The van der Waals surface area contributed by atoms with Gasteiger partial charge in [-0.1, -0.05) is 26.7 Å². The first-order chi connectivity index (χ1) is 19.8. The number of nitrogens with zero attached hydrogens (tertiary/aromatic N) is 2. The highest BCUT2D eigenvalue weighted by Gasteiger charge is 2.65. The van der Waals surface area contributed by atoms with Crippen LogP contribution in [0.5, 0.6) is 0 Å². The summed E-state index contributed by atoms with van der Waals surface area (Å²) in [6.45, 7) is 8.78. The van der Waals surface area contributed by atoms with Crippen molar-refractivity contribution in [1.29, 1.82) is 0 Å². The summed E-state index contributed by atoms with van der Waals surface area (Å²) in [6.07, 6.45) is 12.1. The van der Waals surface area contributed by atoms with Crippen LogP contribution >= 0.6 is 0 Å². The summed E-state index contributed by atoms with van der Waals surface area (Å²) < 4.78 is 0. The van der Waals surface area contributed by atoms with Crippen molar-refractivity contribution < 1.29 is 24.9 Å². The van der Waals surface area contributed by atoms with Gasteiger partial charge in [-0.2, -0.15) is 10.2 Å². The fourth-order valence-corrected chi connectivity index (χ4v) is 10.1. The molecular formula is C33H52N4O5. The highest BCUT2D eigenvalue weighted by Crippen LogP contribution is 2.68. The Morgan fingerprint density at radius 1 is 1.02 bits per heavy atom. The summed E-state index contributed by atoms with van der Waals surface area (Å²) in [5.41, 5.74) is -0.712. The molecule has 0 radical (unpaired) electrons. The molecule has 12 atom stereocenters. The quantitative estimate of drug-likeness (QED) is 0.250. The maximum Gasteiger partial charge on any atom is 0.243 e. The minimum Gasteiger partial charge on any atom is -0.393 e.